The van der Waals surface area contributed by atoms with Crippen LogP contribution in [0.4, 0.5) is 5.95 Å². The number of aromatic amines is 1. The third kappa shape index (κ3) is 2.80. The molecule has 20 heavy (non-hydrogen) atoms. The van der Waals surface area contributed by atoms with E-state index >= 15 is 0 Å². The van der Waals surface area contributed by atoms with Crippen LogP contribution in [0.2, 0.25) is 0 Å². The Morgan fingerprint density at radius 3 is 2.65 bits per heavy atom. The summed E-state index contributed by atoms with van der Waals surface area (Å²) in [6, 6.07) is 0. The fourth-order valence-corrected chi connectivity index (χ4v) is 4.72. The highest BCUT2D eigenvalue weighted by atomic mass is 32.2. The van der Waals surface area contributed by atoms with E-state index in [2.05, 4.69) is 20.1 Å². The molecule has 1 unspecified atom stereocenters. The molecule has 0 spiro atoms. The molecule has 0 saturated carbocycles. The van der Waals surface area contributed by atoms with Crippen molar-refractivity contribution in [2.24, 2.45) is 11.7 Å². The van der Waals surface area contributed by atoms with Gasteiger partial charge in [0.05, 0.1) is 11.5 Å². The van der Waals surface area contributed by atoms with E-state index in [0.29, 0.717) is 24.1 Å². The van der Waals surface area contributed by atoms with Crippen LogP contribution in [0.1, 0.15) is 31.0 Å². The predicted octanol–water partition coefficient (Wildman–Crippen LogP) is -0.118. The van der Waals surface area contributed by atoms with Gasteiger partial charge in [-0.3, -0.25) is 5.10 Å². The Labute approximate surface area is 118 Å². The minimum Gasteiger partial charge on any atom is -0.340 e. The first-order chi connectivity index (χ1) is 9.57. The molecule has 0 amide bonds. The number of nitrogens with two attached hydrogens (primary N) is 1. The molecule has 2 aliphatic rings. The van der Waals surface area contributed by atoms with Crippen molar-refractivity contribution in [3.8, 4) is 0 Å². The molecule has 2 saturated heterocycles. The van der Waals surface area contributed by atoms with Crippen LogP contribution in [0.5, 0.6) is 0 Å². The van der Waals surface area contributed by atoms with Crippen LogP contribution in [-0.2, 0) is 9.84 Å². The van der Waals surface area contributed by atoms with Crippen molar-refractivity contribution >= 4 is 15.8 Å². The lowest BCUT2D eigenvalue weighted by atomic mass is 9.97. The van der Waals surface area contributed by atoms with Crippen LogP contribution in [0, 0.1) is 5.92 Å². The normalized spacial score (nSPS) is 27.1. The van der Waals surface area contributed by atoms with Gasteiger partial charge in [0, 0.05) is 19.0 Å². The van der Waals surface area contributed by atoms with Crippen molar-refractivity contribution < 1.29 is 8.42 Å². The van der Waals surface area contributed by atoms with Gasteiger partial charge in [0.1, 0.15) is 5.82 Å². The quantitative estimate of drug-likeness (QED) is 0.806. The number of nitrogens with one attached hydrogen (secondary N) is 1. The van der Waals surface area contributed by atoms with Crippen LogP contribution in [0.15, 0.2) is 0 Å². The number of piperidine rings is 1. The molecule has 2 fully saturated rings. The standard InChI is InChI=1S/C12H21N5O2S/c13-7-9-1-4-17(5-2-9)12-14-11(15-16-12)10-3-6-20(18,19)8-10/h9-10H,1-8,13H2,(H,14,15,16). The maximum Gasteiger partial charge on any atom is 0.244 e. The molecule has 0 aromatic carbocycles. The maximum absolute atomic E-state index is 11.5. The molecule has 0 radical (unpaired) electrons. The minimum atomic E-state index is -2.89. The molecular weight excluding hydrogens is 278 g/mol. The summed E-state index contributed by atoms with van der Waals surface area (Å²) >= 11 is 0. The lowest BCUT2D eigenvalue weighted by molar-refractivity contribution is 0.411. The first-order valence-electron chi connectivity index (χ1n) is 7.15. The van der Waals surface area contributed by atoms with Gasteiger partial charge in [-0.1, -0.05) is 0 Å². The lowest BCUT2D eigenvalue weighted by Gasteiger charge is -2.30. The summed E-state index contributed by atoms with van der Waals surface area (Å²) in [6.07, 6.45) is 2.78. The maximum atomic E-state index is 11.5. The lowest BCUT2D eigenvalue weighted by Crippen LogP contribution is -2.36. The summed E-state index contributed by atoms with van der Waals surface area (Å²) in [6.45, 7) is 2.58. The van der Waals surface area contributed by atoms with Crippen molar-refractivity contribution in [1.82, 2.24) is 15.2 Å². The molecule has 3 N–H and O–H groups in total. The van der Waals surface area contributed by atoms with Gasteiger partial charge in [-0.2, -0.15) is 4.98 Å². The zero-order chi connectivity index (χ0) is 14.2. The monoisotopic (exact) mass is 299 g/mol. The van der Waals surface area contributed by atoms with Crippen LogP contribution in [-0.4, -0.2) is 54.7 Å². The topological polar surface area (TPSA) is 105 Å². The molecule has 1 atom stereocenters. The van der Waals surface area contributed by atoms with E-state index < -0.39 is 9.84 Å². The van der Waals surface area contributed by atoms with E-state index in [-0.39, 0.29) is 17.4 Å². The van der Waals surface area contributed by atoms with Gasteiger partial charge in [0.25, 0.3) is 0 Å². The van der Waals surface area contributed by atoms with Crippen molar-refractivity contribution in [2.45, 2.75) is 25.2 Å². The highest BCUT2D eigenvalue weighted by Gasteiger charge is 2.32. The highest BCUT2D eigenvalue weighted by Crippen LogP contribution is 2.28. The predicted molar refractivity (Wildman–Crippen MR) is 76.4 cm³/mol. The second-order valence-corrected chi connectivity index (χ2v) is 8.02. The second kappa shape index (κ2) is 5.33. The molecule has 7 nitrogen and oxygen atoms in total. The summed E-state index contributed by atoms with van der Waals surface area (Å²) in [5, 5.41) is 7.16. The van der Waals surface area contributed by atoms with Crippen molar-refractivity contribution in [2.75, 3.05) is 36.0 Å². The van der Waals surface area contributed by atoms with E-state index in [9.17, 15) is 8.42 Å². The van der Waals surface area contributed by atoms with Crippen molar-refractivity contribution in [1.29, 1.82) is 0 Å². The zero-order valence-corrected chi connectivity index (χ0v) is 12.3. The van der Waals surface area contributed by atoms with Crippen LogP contribution < -0.4 is 10.6 Å². The van der Waals surface area contributed by atoms with Crippen LogP contribution in [0.3, 0.4) is 0 Å². The first-order valence-corrected chi connectivity index (χ1v) is 8.97. The summed E-state index contributed by atoms with van der Waals surface area (Å²) in [5.74, 6) is 2.43. The van der Waals surface area contributed by atoms with Gasteiger partial charge in [-0.25, -0.2) is 8.42 Å². The summed E-state index contributed by atoms with van der Waals surface area (Å²) in [7, 11) is -2.89. The third-order valence-electron chi connectivity index (χ3n) is 4.34. The Hall–Kier alpha value is -1.15. The van der Waals surface area contributed by atoms with E-state index in [1.165, 1.54) is 0 Å². The Balaban J connectivity index is 1.66. The minimum absolute atomic E-state index is 0.0252. The summed E-state index contributed by atoms with van der Waals surface area (Å²) < 4.78 is 23.0. The largest absolute Gasteiger partial charge is 0.340 e. The number of rotatable bonds is 3. The molecule has 112 valence electrons. The number of aromatic nitrogens is 3. The van der Waals surface area contributed by atoms with E-state index in [4.69, 9.17) is 5.73 Å². The average Bonchev–Trinajstić information content (AvgIpc) is 3.05. The average molecular weight is 299 g/mol. The van der Waals surface area contributed by atoms with E-state index in [1.54, 1.807) is 0 Å². The van der Waals surface area contributed by atoms with Crippen molar-refractivity contribution in [3.05, 3.63) is 5.82 Å². The first kappa shape index (κ1) is 13.8. The fraction of sp³-hybridized carbons (Fsp3) is 0.833. The number of hydrogen-bond donors (Lipinski definition) is 2. The summed E-state index contributed by atoms with van der Waals surface area (Å²) in [4.78, 5) is 6.64. The number of H-pyrrole nitrogens is 1. The number of anilines is 1. The Kier molecular flexibility index (Phi) is 3.68. The Morgan fingerprint density at radius 2 is 2.05 bits per heavy atom. The SMILES string of the molecule is NCC1CCN(c2n[nH]c(C3CCS(=O)(=O)C3)n2)CC1. The Morgan fingerprint density at radius 1 is 1.30 bits per heavy atom. The summed E-state index contributed by atoms with van der Waals surface area (Å²) in [5.41, 5.74) is 5.69. The van der Waals surface area contributed by atoms with E-state index in [0.717, 1.165) is 32.5 Å². The Bertz CT molecular complexity index is 562. The molecule has 2 aliphatic heterocycles. The number of nitrogens with zero attached hydrogens (tertiary/aromatic N) is 3. The molecule has 1 aromatic rings. The molecule has 3 rings (SSSR count). The molecule has 1 aromatic heterocycles. The zero-order valence-electron chi connectivity index (χ0n) is 11.5. The van der Waals surface area contributed by atoms with Gasteiger partial charge >= 0.3 is 0 Å². The number of hydrogen-bond acceptors (Lipinski definition) is 6. The molecule has 8 heteroatoms. The molecule has 0 bridgehead atoms. The van der Waals surface area contributed by atoms with Crippen LogP contribution >= 0.6 is 0 Å². The van der Waals surface area contributed by atoms with Crippen LogP contribution in [0.25, 0.3) is 0 Å². The van der Waals surface area contributed by atoms with Gasteiger partial charge < -0.3 is 10.6 Å². The van der Waals surface area contributed by atoms with Gasteiger partial charge in [0.15, 0.2) is 9.84 Å². The second-order valence-electron chi connectivity index (χ2n) is 5.79. The van der Waals surface area contributed by atoms with Crippen molar-refractivity contribution in [3.63, 3.8) is 0 Å². The molecule has 3 heterocycles. The molecule has 0 aliphatic carbocycles. The smallest absolute Gasteiger partial charge is 0.244 e. The van der Waals surface area contributed by atoms with Gasteiger partial charge in [0.2, 0.25) is 5.95 Å². The fourth-order valence-electron chi connectivity index (χ4n) is 2.97. The molecular formula is C12H21N5O2S. The van der Waals surface area contributed by atoms with E-state index in [1.807, 2.05) is 0 Å². The number of sulfone groups is 1. The van der Waals surface area contributed by atoms with Gasteiger partial charge in [-0.15, -0.1) is 5.10 Å². The van der Waals surface area contributed by atoms with Gasteiger partial charge in [-0.05, 0) is 31.7 Å². The third-order valence-corrected chi connectivity index (χ3v) is 6.11. The highest BCUT2D eigenvalue weighted by molar-refractivity contribution is 7.91.